The fraction of sp³-hybridized carbons (Fsp3) is 0.348. The molecule has 0 atom stereocenters. The van der Waals surface area contributed by atoms with Crippen LogP contribution in [0.15, 0.2) is 60.4 Å². The Bertz CT molecular complexity index is 886. The van der Waals surface area contributed by atoms with Crippen LogP contribution in [-0.2, 0) is 15.6 Å². The van der Waals surface area contributed by atoms with E-state index in [0.717, 1.165) is 18.1 Å². The molecule has 0 radical (unpaired) electrons. The summed E-state index contributed by atoms with van der Waals surface area (Å²) in [5.74, 6) is -1.35. The molecule has 0 aliphatic heterocycles. The molecule has 0 fully saturated rings. The molecule has 5 heteroatoms. The fourth-order valence-corrected chi connectivity index (χ4v) is 3.45. The molecule has 1 aliphatic rings. The summed E-state index contributed by atoms with van der Waals surface area (Å²) >= 11 is 0. The van der Waals surface area contributed by atoms with Gasteiger partial charge in [-0.3, -0.25) is 10.1 Å². The van der Waals surface area contributed by atoms with Crippen molar-refractivity contribution in [2.45, 2.75) is 51.4 Å². The highest BCUT2D eigenvalue weighted by molar-refractivity contribution is 5.80. The number of rotatable bonds is 6. The number of carbonyl (C=O) groups is 1. The number of nitro groups is 1. The van der Waals surface area contributed by atoms with Crippen LogP contribution < -0.4 is 0 Å². The highest BCUT2D eigenvalue weighted by Gasteiger charge is 2.36. The van der Waals surface area contributed by atoms with Gasteiger partial charge < -0.3 is 5.11 Å². The first-order chi connectivity index (χ1) is 13.0. The molecule has 5 nitrogen and oxygen atoms in total. The molecule has 0 aromatic heterocycles. The van der Waals surface area contributed by atoms with Gasteiger partial charge in [0.2, 0.25) is 0 Å². The number of aliphatic carboxylic acids is 1. The average molecular weight is 381 g/mol. The molecule has 0 spiro atoms. The van der Waals surface area contributed by atoms with E-state index in [9.17, 15) is 14.9 Å². The average Bonchev–Trinajstić information content (AvgIpc) is 2.60. The van der Waals surface area contributed by atoms with Crippen LogP contribution in [0.25, 0.3) is 6.08 Å². The van der Waals surface area contributed by atoms with Crippen LogP contribution in [0.2, 0.25) is 0 Å². The Labute approximate surface area is 165 Å². The second-order valence-corrected chi connectivity index (χ2v) is 8.34. The molecule has 1 N–H and O–H groups in total. The van der Waals surface area contributed by atoms with Crippen LogP contribution in [-0.4, -0.2) is 16.0 Å². The Balaban J connectivity index is 2.13. The quantitative estimate of drug-likeness (QED) is 0.309. The van der Waals surface area contributed by atoms with Crippen molar-refractivity contribution in [3.8, 4) is 0 Å². The van der Waals surface area contributed by atoms with Gasteiger partial charge in [-0.1, -0.05) is 76.3 Å². The van der Waals surface area contributed by atoms with E-state index in [-0.39, 0.29) is 10.8 Å². The van der Waals surface area contributed by atoms with E-state index in [4.69, 9.17) is 5.11 Å². The number of benzene rings is 1. The molecule has 0 bridgehead atoms. The van der Waals surface area contributed by atoms with E-state index >= 15 is 0 Å². The molecule has 0 saturated carbocycles. The van der Waals surface area contributed by atoms with E-state index in [2.05, 4.69) is 45.9 Å². The molecular weight excluding hydrogens is 354 g/mol. The van der Waals surface area contributed by atoms with Crippen LogP contribution in [0.3, 0.4) is 0 Å². The highest BCUT2D eigenvalue weighted by Crippen LogP contribution is 2.45. The number of nitrogens with zero attached hydrogens (tertiary/aromatic N) is 1. The summed E-state index contributed by atoms with van der Waals surface area (Å²) in [6.07, 6.45) is 12.7. The normalized spacial score (nSPS) is 18.6. The van der Waals surface area contributed by atoms with Crippen LogP contribution in [0.4, 0.5) is 0 Å². The largest absolute Gasteiger partial charge is 0.478 e. The Morgan fingerprint density at radius 1 is 1.04 bits per heavy atom. The zero-order chi connectivity index (χ0) is 20.9. The first-order valence-corrected chi connectivity index (χ1v) is 9.28. The van der Waals surface area contributed by atoms with Crippen molar-refractivity contribution in [1.29, 1.82) is 0 Å². The second-order valence-electron chi connectivity index (χ2n) is 8.34. The Hall–Kier alpha value is -2.95. The van der Waals surface area contributed by atoms with Crippen LogP contribution >= 0.6 is 0 Å². The summed E-state index contributed by atoms with van der Waals surface area (Å²) < 4.78 is 0. The second kappa shape index (κ2) is 8.38. The standard InChI is InChI=1S/C23H27NO4/c1-22(2)13-14-23(3,4)20-15-17(11-12-19(20)22)9-7-5-6-8-10-18(24(27)28)16-21(25)26/h5-12,15-16H,13-14H2,1-4H3,(H,25,26)/b6-5+,9-7+,10-8+,18-16-. The zero-order valence-corrected chi connectivity index (χ0v) is 16.8. The lowest BCUT2D eigenvalue weighted by molar-refractivity contribution is -0.419. The number of hydrogen-bond acceptors (Lipinski definition) is 3. The van der Waals surface area contributed by atoms with Crippen molar-refractivity contribution in [2.24, 2.45) is 0 Å². The Morgan fingerprint density at radius 3 is 2.25 bits per heavy atom. The van der Waals surface area contributed by atoms with Gasteiger partial charge in [-0.15, -0.1) is 0 Å². The SMILES string of the molecule is CC1(C)CCC(C)(C)c2cc(/C=C/C=C/C=C/C(=C/C(=O)O)[N+](=O)[O-])ccc21. The van der Waals surface area contributed by atoms with Gasteiger partial charge in [0.25, 0.3) is 5.70 Å². The summed E-state index contributed by atoms with van der Waals surface area (Å²) in [5.41, 5.74) is 3.79. The summed E-state index contributed by atoms with van der Waals surface area (Å²) in [5, 5.41) is 19.3. The van der Waals surface area contributed by atoms with Crippen molar-refractivity contribution in [3.63, 3.8) is 0 Å². The lowest BCUT2D eigenvalue weighted by Crippen LogP contribution is -2.33. The monoisotopic (exact) mass is 381 g/mol. The van der Waals surface area contributed by atoms with Gasteiger partial charge in [0, 0.05) is 6.08 Å². The maximum absolute atomic E-state index is 10.7. The third-order valence-electron chi connectivity index (χ3n) is 5.25. The molecule has 28 heavy (non-hydrogen) atoms. The fourth-order valence-electron chi connectivity index (χ4n) is 3.45. The first kappa shape index (κ1) is 21.4. The molecule has 0 unspecified atom stereocenters. The Morgan fingerprint density at radius 2 is 1.64 bits per heavy atom. The minimum atomic E-state index is -1.35. The molecule has 0 saturated heterocycles. The van der Waals surface area contributed by atoms with Crippen molar-refractivity contribution >= 4 is 12.0 Å². The third kappa shape index (κ3) is 5.28. The van der Waals surface area contributed by atoms with E-state index in [1.807, 2.05) is 12.2 Å². The summed E-state index contributed by atoms with van der Waals surface area (Å²) in [7, 11) is 0. The van der Waals surface area contributed by atoms with Gasteiger partial charge in [-0.25, -0.2) is 4.79 Å². The van der Waals surface area contributed by atoms with Gasteiger partial charge >= 0.3 is 5.97 Å². The molecule has 2 rings (SSSR count). The lowest BCUT2D eigenvalue weighted by atomic mass is 9.63. The lowest BCUT2D eigenvalue weighted by Gasteiger charge is -2.42. The van der Waals surface area contributed by atoms with E-state index < -0.39 is 16.6 Å². The van der Waals surface area contributed by atoms with Crippen molar-refractivity contribution in [3.05, 3.63) is 87.2 Å². The first-order valence-electron chi connectivity index (χ1n) is 9.28. The summed E-state index contributed by atoms with van der Waals surface area (Å²) in [6, 6.07) is 6.58. The van der Waals surface area contributed by atoms with Crippen LogP contribution in [0.1, 0.15) is 57.2 Å². The molecule has 148 valence electrons. The van der Waals surface area contributed by atoms with E-state index in [1.54, 1.807) is 12.2 Å². The maximum atomic E-state index is 10.7. The molecule has 1 aliphatic carbocycles. The molecule has 0 amide bonds. The molecule has 1 aromatic rings. The number of carboxylic acids is 1. The van der Waals surface area contributed by atoms with Gasteiger partial charge in [0.1, 0.15) is 6.08 Å². The number of hydrogen-bond donors (Lipinski definition) is 1. The number of fused-ring (bicyclic) bond motifs is 1. The van der Waals surface area contributed by atoms with Gasteiger partial charge in [-0.2, -0.15) is 0 Å². The van der Waals surface area contributed by atoms with E-state index in [0.29, 0.717) is 6.08 Å². The molecular formula is C23H27NO4. The van der Waals surface area contributed by atoms with Crippen molar-refractivity contribution in [1.82, 2.24) is 0 Å². The van der Waals surface area contributed by atoms with Crippen molar-refractivity contribution < 1.29 is 14.8 Å². The molecule has 0 heterocycles. The van der Waals surface area contributed by atoms with Gasteiger partial charge in [0.15, 0.2) is 0 Å². The number of carboxylic acid groups (broad SMARTS) is 1. The minimum Gasteiger partial charge on any atom is -0.478 e. The number of allylic oxidation sites excluding steroid dienone is 5. The molecule has 1 aromatic carbocycles. The Kier molecular flexibility index (Phi) is 6.39. The van der Waals surface area contributed by atoms with Crippen LogP contribution in [0.5, 0.6) is 0 Å². The van der Waals surface area contributed by atoms with Gasteiger partial charge in [-0.05, 0) is 40.4 Å². The smallest absolute Gasteiger partial charge is 0.335 e. The van der Waals surface area contributed by atoms with E-state index in [1.165, 1.54) is 23.6 Å². The predicted molar refractivity (Wildman–Crippen MR) is 112 cm³/mol. The van der Waals surface area contributed by atoms with Crippen molar-refractivity contribution in [2.75, 3.05) is 0 Å². The topological polar surface area (TPSA) is 80.4 Å². The minimum absolute atomic E-state index is 0.155. The summed E-state index contributed by atoms with van der Waals surface area (Å²) in [6.45, 7) is 9.17. The third-order valence-corrected chi connectivity index (χ3v) is 5.25. The highest BCUT2D eigenvalue weighted by atomic mass is 16.6. The maximum Gasteiger partial charge on any atom is 0.335 e. The van der Waals surface area contributed by atoms with Crippen LogP contribution in [0, 0.1) is 10.1 Å². The zero-order valence-electron chi connectivity index (χ0n) is 16.8. The van der Waals surface area contributed by atoms with Gasteiger partial charge in [0.05, 0.1) is 4.92 Å². The predicted octanol–water partition coefficient (Wildman–Crippen LogP) is 5.41. The summed E-state index contributed by atoms with van der Waals surface area (Å²) in [4.78, 5) is 20.6.